The van der Waals surface area contributed by atoms with Crippen molar-refractivity contribution in [3.63, 3.8) is 0 Å². The van der Waals surface area contributed by atoms with Crippen molar-refractivity contribution in [1.29, 1.82) is 10.5 Å². The van der Waals surface area contributed by atoms with Crippen LogP contribution in [0.2, 0.25) is 0 Å². The second kappa shape index (κ2) is 5.38. The molecule has 0 bridgehead atoms. The Labute approximate surface area is 94.5 Å². The number of ether oxygens (including phenoxy) is 1. The number of allylic oxidation sites excluding steroid dienone is 3. The van der Waals surface area contributed by atoms with E-state index in [1.54, 1.807) is 31.4 Å². The van der Waals surface area contributed by atoms with Gasteiger partial charge < -0.3 is 4.74 Å². The maximum atomic E-state index is 8.81. The number of methoxy groups -OCH3 is 1. The minimum absolute atomic E-state index is 0.0447. The normalized spacial score (nSPS) is 8.44. The van der Waals surface area contributed by atoms with Gasteiger partial charge in [-0.25, -0.2) is 0 Å². The molecule has 16 heavy (non-hydrogen) atoms. The first-order chi connectivity index (χ1) is 7.76. The first-order valence-electron chi connectivity index (χ1n) is 4.58. The Morgan fingerprint density at radius 3 is 2.56 bits per heavy atom. The third kappa shape index (κ3) is 2.29. The molecule has 0 heterocycles. The van der Waals surface area contributed by atoms with Crippen LogP contribution in [0.25, 0.3) is 5.57 Å². The first-order valence-corrected chi connectivity index (χ1v) is 4.58. The molecule has 0 saturated heterocycles. The zero-order chi connectivity index (χ0) is 12.0. The number of hydrogen-bond acceptors (Lipinski definition) is 3. The fourth-order valence-electron chi connectivity index (χ4n) is 1.30. The second-order valence-corrected chi connectivity index (χ2v) is 2.95. The largest absolute Gasteiger partial charge is 0.497 e. The Balaban J connectivity index is 3.36. The Morgan fingerprint density at radius 2 is 2.06 bits per heavy atom. The van der Waals surface area contributed by atoms with E-state index in [-0.39, 0.29) is 5.57 Å². The molecule has 0 aliphatic heterocycles. The Morgan fingerprint density at radius 1 is 1.38 bits per heavy atom. The minimum Gasteiger partial charge on any atom is -0.497 e. The van der Waals surface area contributed by atoms with Gasteiger partial charge in [-0.15, -0.1) is 0 Å². The smallest absolute Gasteiger partial charge is 0.137 e. The molecule has 1 rings (SSSR count). The summed E-state index contributed by atoms with van der Waals surface area (Å²) in [6.45, 7) is 3.61. The van der Waals surface area contributed by atoms with Gasteiger partial charge in [-0.3, -0.25) is 0 Å². The lowest BCUT2D eigenvalue weighted by Crippen LogP contribution is -1.88. The topological polar surface area (TPSA) is 56.8 Å². The molecule has 0 N–H and O–H groups in total. The Kier molecular flexibility index (Phi) is 3.89. The van der Waals surface area contributed by atoms with E-state index in [2.05, 4.69) is 6.58 Å². The van der Waals surface area contributed by atoms with Gasteiger partial charge in [-0.05, 0) is 17.7 Å². The highest BCUT2D eigenvalue weighted by Crippen LogP contribution is 2.23. The van der Waals surface area contributed by atoms with Crippen molar-refractivity contribution in [3.8, 4) is 17.9 Å². The van der Waals surface area contributed by atoms with Gasteiger partial charge in [-0.1, -0.05) is 24.8 Å². The summed E-state index contributed by atoms with van der Waals surface area (Å²) in [5.74, 6) is 0.673. The number of nitriles is 2. The lowest BCUT2D eigenvalue weighted by Gasteiger charge is -2.05. The fraction of sp³-hybridized carbons (Fsp3) is 0.0769. The summed E-state index contributed by atoms with van der Waals surface area (Å²) in [5, 5.41) is 17.6. The van der Waals surface area contributed by atoms with Crippen LogP contribution in [-0.4, -0.2) is 7.11 Å². The van der Waals surface area contributed by atoms with Crippen LogP contribution in [0.4, 0.5) is 0 Å². The Hall–Kier alpha value is -2.52. The maximum Gasteiger partial charge on any atom is 0.137 e. The summed E-state index contributed by atoms with van der Waals surface area (Å²) in [7, 11) is 1.56. The molecular weight excluding hydrogens is 200 g/mol. The monoisotopic (exact) mass is 210 g/mol. The van der Waals surface area contributed by atoms with Crippen LogP contribution in [0.15, 0.2) is 42.5 Å². The average Bonchev–Trinajstić information content (AvgIpc) is 2.35. The molecule has 1 aromatic rings. The van der Waals surface area contributed by atoms with Crippen LogP contribution in [0.1, 0.15) is 5.56 Å². The minimum atomic E-state index is 0.0447. The third-order valence-corrected chi connectivity index (χ3v) is 2.08. The predicted molar refractivity (Wildman–Crippen MR) is 61.3 cm³/mol. The molecule has 0 aromatic heterocycles. The van der Waals surface area contributed by atoms with Gasteiger partial charge >= 0.3 is 0 Å². The van der Waals surface area contributed by atoms with Gasteiger partial charge in [-0.2, -0.15) is 10.5 Å². The maximum absolute atomic E-state index is 8.81. The highest BCUT2D eigenvalue weighted by molar-refractivity contribution is 5.82. The first kappa shape index (κ1) is 11.6. The van der Waals surface area contributed by atoms with Crippen molar-refractivity contribution >= 4 is 5.57 Å². The Bertz CT molecular complexity index is 499. The SMILES string of the molecule is C=CC(=C(C#N)C#N)c1cccc(OC)c1. The van der Waals surface area contributed by atoms with E-state index in [1.807, 2.05) is 12.1 Å². The molecule has 0 fully saturated rings. The highest BCUT2D eigenvalue weighted by Gasteiger charge is 2.06. The standard InChI is InChI=1S/C13H10N2O/c1-3-13(11(8-14)9-15)10-5-4-6-12(7-10)16-2/h3-7H,1H2,2H3. The molecule has 78 valence electrons. The number of nitrogens with zero attached hydrogens (tertiary/aromatic N) is 2. The number of rotatable bonds is 3. The number of hydrogen-bond donors (Lipinski definition) is 0. The molecule has 0 aliphatic rings. The quantitative estimate of drug-likeness (QED) is 0.569. The average molecular weight is 210 g/mol. The zero-order valence-electron chi connectivity index (χ0n) is 8.90. The molecule has 0 radical (unpaired) electrons. The van der Waals surface area contributed by atoms with Gasteiger partial charge in [0.15, 0.2) is 0 Å². The van der Waals surface area contributed by atoms with Gasteiger partial charge in [0.2, 0.25) is 0 Å². The van der Waals surface area contributed by atoms with E-state index < -0.39 is 0 Å². The molecule has 0 amide bonds. The van der Waals surface area contributed by atoms with Gasteiger partial charge in [0, 0.05) is 5.57 Å². The van der Waals surface area contributed by atoms with Crippen molar-refractivity contribution in [2.75, 3.05) is 7.11 Å². The second-order valence-electron chi connectivity index (χ2n) is 2.95. The van der Waals surface area contributed by atoms with Crippen molar-refractivity contribution in [3.05, 3.63) is 48.1 Å². The fourth-order valence-corrected chi connectivity index (χ4v) is 1.30. The predicted octanol–water partition coefficient (Wildman–Crippen LogP) is 2.68. The van der Waals surface area contributed by atoms with Crippen molar-refractivity contribution in [1.82, 2.24) is 0 Å². The molecule has 3 heteroatoms. The van der Waals surface area contributed by atoms with Crippen molar-refractivity contribution in [2.45, 2.75) is 0 Å². The molecule has 1 aromatic carbocycles. The van der Waals surface area contributed by atoms with Crippen LogP contribution in [0.3, 0.4) is 0 Å². The molecule has 0 unspecified atom stereocenters. The molecule has 3 nitrogen and oxygen atoms in total. The van der Waals surface area contributed by atoms with Gasteiger partial charge in [0.25, 0.3) is 0 Å². The van der Waals surface area contributed by atoms with Crippen LogP contribution in [0, 0.1) is 22.7 Å². The van der Waals surface area contributed by atoms with Crippen LogP contribution >= 0.6 is 0 Å². The van der Waals surface area contributed by atoms with E-state index in [9.17, 15) is 0 Å². The summed E-state index contributed by atoms with van der Waals surface area (Å²) >= 11 is 0. The van der Waals surface area contributed by atoms with Crippen molar-refractivity contribution in [2.24, 2.45) is 0 Å². The van der Waals surface area contributed by atoms with Crippen LogP contribution in [-0.2, 0) is 0 Å². The van der Waals surface area contributed by atoms with Gasteiger partial charge in [0.1, 0.15) is 23.5 Å². The van der Waals surface area contributed by atoms with Gasteiger partial charge in [0.05, 0.1) is 7.11 Å². The van der Waals surface area contributed by atoms with E-state index in [4.69, 9.17) is 15.3 Å². The van der Waals surface area contributed by atoms with E-state index in [0.717, 1.165) is 5.56 Å². The van der Waals surface area contributed by atoms with Crippen LogP contribution < -0.4 is 4.74 Å². The molecule has 0 atom stereocenters. The molecule has 0 saturated carbocycles. The van der Waals surface area contributed by atoms with E-state index in [1.165, 1.54) is 6.08 Å². The van der Waals surface area contributed by atoms with E-state index >= 15 is 0 Å². The summed E-state index contributed by atoms with van der Waals surface area (Å²) < 4.78 is 5.07. The number of benzene rings is 1. The third-order valence-electron chi connectivity index (χ3n) is 2.08. The molecule has 0 aliphatic carbocycles. The lowest BCUT2D eigenvalue weighted by molar-refractivity contribution is 0.414. The molecule has 0 spiro atoms. The van der Waals surface area contributed by atoms with Crippen molar-refractivity contribution < 1.29 is 4.74 Å². The highest BCUT2D eigenvalue weighted by atomic mass is 16.5. The summed E-state index contributed by atoms with van der Waals surface area (Å²) in [6, 6.07) is 10.8. The lowest BCUT2D eigenvalue weighted by atomic mass is 10.0. The van der Waals surface area contributed by atoms with Crippen LogP contribution in [0.5, 0.6) is 5.75 Å². The summed E-state index contributed by atoms with van der Waals surface area (Å²) in [4.78, 5) is 0. The van der Waals surface area contributed by atoms with E-state index in [0.29, 0.717) is 11.3 Å². The summed E-state index contributed by atoms with van der Waals surface area (Å²) in [6.07, 6.45) is 1.50. The zero-order valence-corrected chi connectivity index (χ0v) is 8.90. The summed E-state index contributed by atoms with van der Waals surface area (Å²) in [5.41, 5.74) is 1.31. The molecular formula is C13H10N2O.